The van der Waals surface area contributed by atoms with Crippen molar-refractivity contribution < 1.29 is 0 Å². The Labute approximate surface area is 639 Å². The maximum Gasteiger partial charge on any atom is 0.180 e. The molecule has 0 fully saturated rings. The predicted octanol–water partition coefficient (Wildman–Crippen LogP) is 25.0. The van der Waals surface area contributed by atoms with Crippen molar-refractivity contribution in [3.8, 4) is 22.3 Å². The van der Waals surface area contributed by atoms with E-state index in [9.17, 15) is 0 Å². The van der Waals surface area contributed by atoms with Crippen molar-refractivity contribution >= 4 is 102 Å². The minimum atomic E-state index is -2.23. The lowest BCUT2D eigenvalue weighted by atomic mass is 9.66. The van der Waals surface area contributed by atoms with Crippen molar-refractivity contribution in [2.45, 2.75) is 172 Å². The Hall–Kier alpha value is -9.11. The summed E-state index contributed by atoms with van der Waals surface area (Å²) in [7, 11) is -3.61. The highest BCUT2D eigenvalue weighted by Crippen LogP contribution is 2.60. The van der Waals surface area contributed by atoms with Gasteiger partial charge in [0.05, 0.1) is 17.1 Å². The summed E-state index contributed by atoms with van der Waals surface area (Å²) >= 11 is 1.86. The Morgan fingerprint density at radius 3 is 0.971 bits per heavy atom. The van der Waals surface area contributed by atoms with E-state index >= 15 is 0 Å². The number of benzene rings is 12. The fraction of sp³-hybridized carbons (Fsp3) is 0.280. The van der Waals surface area contributed by atoms with Gasteiger partial charge in [-0.05, 0) is 135 Å². The number of nitrogens with zero attached hydrogens (tertiary/aromatic N) is 2. The van der Waals surface area contributed by atoms with Gasteiger partial charge in [0.15, 0.2) is 8.07 Å². The van der Waals surface area contributed by atoms with Crippen LogP contribution >= 0.6 is 11.3 Å². The number of fused-ring (bicyclic) bond motifs is 13. The molecule has 0 saturated heterocycles. The highest BCUT2D eigenvalue weighted by molar-refractivity contribution is 7.25. The molecule has 540 valence electrons. The SMILES string of the molecule is CC.CC.CC.CC.CC.CC1(C)CCN2CCC(C)(C)c3cccc1c32.CC1(C)c2ccccc2N2c3ccccc3C(C)(C)c3cccc1c32.C[Si]1(C)c2ccccc2-c2ccccc21.c1ccc([Si]2(c3ccccc3)c3ccccc3-c3ccccc32)cc1.c1ccc2c(c1)sc1ccccc12. The largest absolute Gasteiger partial charge is 0.371 e. The van der Waals surface area contributed by atoms with E-state index in [-0.39, 0.29) is 10.8 Å². The second-order valence-electron chi connectivity index (χ2n) is 29.7. The van der Waals surface area contributed by atoms with Crippen LogP contribution in [0, 0.1) is 0 Å². The molecule has 105 heavy (non-hydrogen) atoms. The molecule has 0 radical (unpaired) electrons. The summed E-state index contributed by atoms with van der Waals surface area (Å²) in [5.74, 6) is 0. The minimum absolute atomic E-state index is 0.000794. The first-order valence-electron chi connectivity index (χ1n) is 39.3. The zero-order valence-corrected chi connectivity index (χ0v) is 69.7. The quantitative estimate of drug-likeness (QED) is 0.159. The second-order valence-corrected chi connectivity index (χ2v) is 38.8. The van der Waals surface area contributed by atoms with E-state index in [4.69, 9.17) is 0 Å². The topological polar surface area (TPSA) is 6.48 Å². The molecule has 6 aliphatic heterocycles. The zero-order chi connectivity index (χ0) is 75.5. The molecule has 13 aromatic rings. The van der Waals surface area contributed by atoms with E-state index < -0.39 is 16.1 Å². The number of hydrogen-bond donors (Lipinski definition) is 0. The molecule has 0 spiro atoms. The first-order valence-corrected chi connectivity index (χ1v) is 45.1. The van der Waals surface area contributed by atoms with Crippen molar-refractivity contribution in [2.24, 2.45) is 0 Å². The van der Waals surface area contributed by atoms with Crippen molar-refractivity contribution in [2.75, 3.05) is 22.9 Å². The summed E-state index contributed by atoms with van der Waals surface area (Å²) in [6, 6.07) is 107. The standard InChI is InChI=1S/C24H23N.C24H18Si.C16H23N.C14H14Si.C12H8S.5C2H6/c1-23(2)16-10-5-7-14-20(16)25-21-15-8-6-11-17(21)24(3,4)19-13-9-12-18(23)22(19)25;1-3-11-19(12-4-1)25(20-13-5-2-6-14-20)23-17-9-7-15-21(23)22-16-8-10-18-24(22)25;1-15(2)8-10-17-11-9-16(3,4)13-7-5-6-12(15)14(13)17;1-15(2)13-9-5-3-7-11(13)12-8-4-6-10-14(12)15;1-3-7-11-9(5-1)10-6-2-4-8-12(10)13-11;5*1-2/h5-15H,1-4H3;1-18H;5-7H,8-11H2,1-4H3;3-10H,1-2H3;1-8H;5*1-2H3. The van der Waals surface area contributed by atoms with Gasteiger partial charge < -0.3 is 9.80 Å². The first-order chi connectivity index (χ1) is 50.9. The maximum atomic E-state index is 2.61. The van der Waals surface area contributed by atoms with Gasteiger partial charge in [-0.25, -0.2) is 0 Å². The van der Waals surface area contributed by atoms with Crippen LogP contribution in [0.5, 0.6) is 0 Å². The lowest BCUT2D eigenvalue weighted by Crippen LogP contribution is -2.72. The van der Waals surface area contributed by atoms with E-state index in [1.54, 1.807) is 27.2 Å². The Morgan fingerprint density at radius 2 is 0.581 bits per heavy atom. The van der Waals surface area contributed by atoms with Crippen LogP contribution in [0.1, 0.15) is 171 Å². The summed E-state index contributed by atoms with van der Waals surface area (Å²) in [5.41, 5.74) is 20.8. The summed E-state index contributed by atoms with van der Waals surface area (Å²) in [6.07, 6.45) is 2.56. The number of hydrogen-bond acceptors (Lipinski definition) is 3. The third-order valence-electron chi connectivity index (χ3n) is 22.2. The second kappa shape index (κ2) is 33.6. The van der Waals surface area contributed by atoms with Crippen molar-refractivity contribution in [1.82, 2.24) is 0 Å². The van der Waals surface area contributed by atoms with E-state index in [1.165, 1.54) is 128 Å². The van der Waals surface area contributed by atoms with E-state index in [2.05, 4.69) is 369 Å². The molecule has 0 N–H and O–H groups in total. The summed E-state index contributed by atoms with van der Waals surface area (Å²) in [6.45, 7) is 46.3. The number of anilines is 4. The molecular weight excluding hydrogens is 1320 g/mol. The third-order valence-corrected chi connectivity index (χ3v) is 31.8. The molecule has 0 amide bonds. The number of rotatable bonds is 2. The fourth-order valence-corrected chi connectivity index (χ4v) is 26.4. The van der Waals surface area contributed by atoms with Crippen LogP contribution in [0.15, 0.2) is 291 Å². The van der Waals surface area contributed by atoms with E-state index in [0.29, 0.717) is 10.8 Å². The molecule has 0 aliphatic carbocycles. The molecule has 2 nitrogen and oxygen atoms in total. The van der Waals surface area contributed by atoms with Gasteiger partial charge >= 0.3 is 0 Å². The molecule has 0 bridgehead atoms. The van der Waals surface area contributed by atoms with Gasteiger partial charge in [-0.2, -0.15) is 0 Å². The summed E-state index contributed by atoms with van der Waals surface area (Å²) in [5, 5.41) is 11.9. The first kappa shape index (κ1) is 78.5. The lowest BCUT2D eigenvalue weighted by Gasteiger charge is -2.49. The summed E-state index contributed by atoms with van der Waals surface area (Å²) < 4.78 is 2.76. The van der Waals surface area contributed by atoms with Crippen LogP contribution in [-0.4, -0.2) is 29.2 Å². The number of thiophene rings is 1. The van der Waals surface area contributed by atoms with E-state index in [1.807, 2.05) is 80.6 Å². The molecule has 5 heteroatoms. The Bertz CT molecular complexity index is 4730. The molecule has 19 rings (SSSR count). The van der Waals surface area contributed by atoms with Gasteiger partial charge in [0.25, 0.3) is 0 Å². The van der Waals surface area contributed by atoms with Crippen LogP contribution in [-0.2, 0) is 21.7 Å². The molecule has 12 aromatic carbocycles. The van der Waals surface area contributed by atoms with Gasteiger partial charge in [0, 0.05) is 49.8 Å². The van der Waals surface area contributed by atoms with E-state index in [0.717, 1.165) is 0 Å². The average Bonchev–Trinajstić information content (AvgIpc) is 1.45. The highest BCUT2D eigenvalue weighted by atomic mass is 32.1. The smallest absolute Gasteiger partial charge is 0.180 e. The van der Waals surface area contributed by atoms with Crippen molar-refractivity contribution in [3.05, 3.63) is 325 Å². The van der Waals surface area contributed by atoms with Gasteiger partial charge in [0.2, 0.25) is 0 Å². The highest BCUT2D eigenvalue weighted by Gasteiger charge is 2.49. The Morgan fingerprint density at radius 1 is 0.286 bits per heavy atom. The molecule has 0 unspecified atom stereocenters. The van der Waals surface area contributed by atoms with Gasteiger partial charge in [0.1, 0.15) is 8.07 Å². The van der Waals surface area contributed by atoms with Crippen LogP contribution in [0.25, 0.3) is 42.4 Å². The minimum Gasteiger partial charge on any atom is -0.371 e. The van der Waals surface area contributed by atoms with Crippen LogP contribution in [0.4, 0.5) is 22.7 Å². The maximum absolute atomic E-state index is 2.61. The van der Waals surface area contributed by atoms with Gasteiger partial charge in [-0.15, -0.1) is 11.3 Å². The number of para-hydroxylation sites is 4. The van der Waals surface area contributed by atoms with Crippen molar-refractivity contribution in [3.63, 3.8) is 0 Å². The average molecular weight is 1430 g/mol. The van der Waals surface area contributed by atoms with Gasteiger partial charge in [-0.3, -0.25) is 0 Å². The fourth-order valence-electron chi connectivity index (χ4n) is 17.0. The van der Waals surface area contributed by atoms with Crippen LogP contribution in [0.3, 0.4) is 0 Å². The monoisotopic (exact) mass is 1430 g/mol. The molecule has 0 saturated carbocycles. The summed E-state index contributed by atoms with van der Waals surface area (Å²) in [4.78, 5) is 5.10. The molecular formula is C100H116N2SSi2. The van der Waals surface area contributed by atoms with Crippen molar-refractivity contribution in [1.29, 1.82) is 0 Å². The van der Waals surface area contributed by atoms with Gasteiger partial charge in [-0.1, -0.05) is 405 Å². The molecule has 6 aliphatic rings. The van der Waals surface area contributed by atoms with Crippen LogP contribution < -0.4 is 40.9 Å². The molecule has 0 atom stereocenters. The lowest BCUT2D eigenvalue weighted by molar-refractivity contribution is 0.401. The van der Waals surface area contributed by atoms with Crippen LogP contribution in [0.2, 0.25) is 13.1 Å². The Kier molecular flexibility index (Phi) is 25.1. The zero-order valence-electron chi connectivity index (χ0n) is 66.8. The molecule has 1 aromatic heterocycles. The normalized spacial score (nSPS) is 15.5. The third kappa shape index (κ3) is 14.3. The Balaban J connectivity index is 0.000000139. The molecule has 7 heterocycles. The predicted molar refractivity (Wildman–Crippen MR) is 473 cm³/mol.